The maximum atomic E-state index is 13.8. The third kappa shape index (κ3) is 8.42. The fraction of sp³-hybridized carbons (Fsp3) is 0.483. The normalized spacial score (nSPS) is 18.1. The van der Waals surface area contributed by atoms with E-state index in [1.165, 1.54) is 0 Å². The van der Waals surface area contributed by atoms with Crippen molar-refractivity contribution >= 4 is 17.8 Å². The van der Waals surface area contributed by atoms with Crippen LogP contribution in [0.25, 0.3) is 10.4 Å². The molecule has 2 atom stereocenters. The number of hydrogen-bond acceptors (Lipinski definition) is 8. The van der Waals surface area contributed by atoms with Gasteiger partial charge in [-0.15, -0.1) is 0 Å². The van der Waals surface area contributed by atoms with Crippen molar-refractivity contribution in [3.8, 4) is 5.75 Å². The number of ether oxygens (including phenoxy) is 3. The van der Waals surface area contributed by atoms with Crippen LogP contribution in [0.2, 0.25) is 0 Å². The summed E-state index contributed by atoms with van der Waals surface area (Å²) in [5, 5.41) is 15.2. The Hall–Kier alpha value is -4.15. The number of nitrogens with one attached hydrogen (secondary N) is 1. The molecule has 1 aliphatic rings. The summed E-state index contributed by atoms with van der Waals surface area (Å²) in [5.74, 6) is -0.408. The molecule has 0 saturated carbocycles. The van der Waals surface area contributed by atoms with E-state index in [2.05, 4.69) is 15.3 Å². The van der Waals surface area contributed by atoms with E-state index in [1.54, 1.807) is 69.3 Å². The van der Waals surface area contributed by atoms with Gasteiger partial charge in [0, 0.05) is 36.5 Å². The number of alkyl halides is 1. The van der Waals surface area contributed by atoms with Crippen LogP contribution < -0.4 is 10.1 Å². The summed E-state index contributed by atoms with van der Waals surface area (Å²) in [6.07, 6.45) is -0.785. The number of aliphatic hydroxyl groups excluding tert-OH is 1. The van der Waals surface area contributed by atoms with Gasteiger partial charge >= 0.3 is 5.97 Å². The Labute approximate surface area is 238 Å². The highest BCUT2D eigenvalue weighted by molar-refractivity contribution is 6.01. The summed E-state index contributed by atoms with van der Waals surface area (Å²) >= 11 is 0. The van der Waals surface area contributed by atoms with Crippen molar-refractivity contribution in [2.24, 2.45) is 10.1 Å². The van der Waals surface area contributed by atoms with Gasteiger partial charge in [0.2, 0.25) is 5.90 Å². The first-order valence-corrected chi connectivity index (χ1v) is 13.4. The van der Waals surface area contributed by atoms with Crippen LogP contribution in [0.15, 0.2) is 58.6 Å². The van der Waals surface area contributed by atoms with E-state index in [0.29, 0.717) is 35.5 Å². The number of hydrogen-bond donors (Lipinski definition) is 2. The number of benzene rings is 2. The second kappa shape index (κ2) is 14.5. The third-order valence-electron chi connectivity index (χ3n) is 6.18. The van der Waals surface area contributed by atoms with Gasteiger partial charge in [-0.05, 0) is 68.1 Å². The zero-order chi connectivity index (χ0) is 29.9. The lowest BCUT2D eigenvalue weighted by atomic mass is 9.81. The molecule has 2 aromatic rings. The molecule has 0 saturated heterocycles. The standard InChI is InChI=1S/C29H36FN5O6/c1-28(2,3)41-24(37)13-14-29(27(38)32-16-15-30)25(23-8-5-4-7-21(23)19-33-35-31)40-26(34-29)20-9-11-22(12-10-20)39-18-6-17-36/h4-5,7-12,25,36H,6,13-19H2,1-3H3,(H,32,38)/t25-,29-/m1/s1. The van der Waals surface area contributed by atoms with E-state index in [9.17, 15) is 14.0 Å². The Kier molecular flexibility index (Phi) is 11.1. The van der Waals surface area contributed by atoms with Gasteiger partial charge < -0.3 is 24.6 Å². The number of carbonyl (C=O) groups is 2. The first-order valence-electron chi connectivity index (χ1n) is 13.4. The monoisotopic (exact) mass is 569 g/mol. The maximum absolute atomic E-state index is 13.8. The number of halogens is 1. The zero-order valence-corrected chi connectivity index (χ0v) is 23.5. The predicted molar refractivity (Wildman–Crippen MR) is 150 cm³/mol. The molecule has 220 valence electrons. The Morgan fingerprint density at radius 2 is 1.95 bits per heavy atom. The van der Waals surface area contributed by atoms with E-state index in [1.807, 2.05) is 0 Å². The zero-order valence-electron chi connectivity index (χ0n) is 23.5. The fourth-order valence-electron chi connectivity index (χ4n) is 4.39. The van der Waals surface area contributed by atoms with E-state index in [-0.39, 0.29) is 38.4 Å². The molecule has 0 bridgehead atoms. The summed E-state index contributed by atoms with van der Waals surface area (Å²) in [6, 6.07) is 13.9. The Morgan fingerprint density at radius 3 is 2.61 bits per heavy atom. The molecule has 0 aliphatic carbocycles. The molecular formula is C29H36FN5O6. The molecule has 2 N–H and O–H groups in total. The van der Waals surface area contributed by atoms with Gasteiger partial charge in [-0.25, -0.2) is 9.38 Å². The predicted octanol–water partition coefficient (Wildman–Crippen LogP) is 4.72. The Balaban J connectivity index is 2.08. The van der Waals surface area contributed by atoms with Crippen LogP contribution in [-0.2, 0) is 25.6 Å². The number of azide groups is 1. The van der Waals surface area contributed by atoms with Crippen LogP contribution in [0.5, 0.6) is 5.75 Å². The van der Waals surface area contributed by atoms with Gasteiger partial charge in [-0.3, -0.25) is 9.59 Å². The molecule has 41 heavy (non-hydrogen) atoms. The smallest absolute Gasteiger partial charge is 0.306 e. The molecule has 0 aromatic heterocycles. The SMILES string of the molecule is CC(C)(C)OC(=O)CC[C@@]1(C(=O)NCCF)N=C(c2ccc(OCCCO)cc2)O[C@@H]1c1ccccc1CN=[N+]=[N-]. The highest BCUT2D eigenvalue weighted by Gasteiger charge is 2.53. The minimum absolute atomic E-state index is 0.00398. The minimum Gasteiger partial charge on any atom is -0.494 e. The molecular weight excluding hydrogens is 533 g/mol. The van der Waals surface area contributed by atoms with Gasteiger partial charge in [0.15, 0.2) is 11.6 Å². The molecule has 2 aromatic carbocycles. The van der Waals surface area contributed by atoms with Crippen molar-refractivity contribution in [1.82, 2.24) is 5.32 Å². The van der Waals surface area contributed by atoms with E-state index < -0.39 is 35.8 Å². The second-order valence-corrected chi connectivity index (χ2v) is 10.4. The van der Waals surface area contributed by atoms with Crippen LogP contribution >= 0.6 is 0 Å². The first-order chi connectivity index (χ1) is 19.6. The van der Waals surface area contributed by atoms with Crippen LogP contribution in [0.3, 0.4) is 0 Å². The molecule has 12 heteroatoms. The summed E-state index contributed by atoms with van der Waals surface area (Å²) < 4.78 is 30.6. The summed E-state index contributed by atoms with van der Waals surface area (Å²) in [5.41, 5.74) is 8.23. The van der Waals surface area contributed by atoms with Gasteiger partial charge in [-0.1, -0.05) is 29.4 Å². The molecule has 1 aliphatic heterocycles. The second-order valence-electron chi connectivity index (χ2n) is 10.4. The summed E-state index contributed by atoms with van der Waals surface area (Å²) in [6.45, 7) is 4.56. The molecule has 0 fully saturated rings. The molecule has 11 nitrogen and oxygen atoms in total. The number of esters is 1. The number of nitrogens with zero attached hydrogens (tertiary/aromatic N) is 4. The third-order valence-corrected chi connectivity index (χ3v) is 6.18. The molecule has 0 spiro atoms. The number of aliphatic imine (C=N–C) groups is 1. The van der Waals surface area contributed by atoms with E-state index in [0.717, 1.165) is 0 Å². The number of aliphatic hydroxyl groups is 1. The van der Waals surface area contributed by atoms with E-state index in [4.69, 9.17) is 29.8 Å². The number of carbonyl (C=O) groups excluding carboxylic acids is 2. The quantitative estimate of drug-likeness (QED) is 0.110. The van der Waals surface area contributed by atoms with Crippen molar-refractivity contribution < 1.29 is 33.3 Å². The Bertz CT molecular complexity index is 1270. The number of rotatable bonds is 14. The molecule has 1 heterocycles. The molecule has 3 rings (SSSR count). The van der Waals surface area contributed by atoms with Gasteiger partial charge in [-0.2, -0.15) is 0 Å². The van der Waals surface area contributed by atoms with Crippen LogP contribution in [0, 0.1) is 0 Å². The van der Waals surface area contributed by atoms with Crippen LogP contribution in [-0.4, -0.2) is 60.5 Å². The van der Waals surface area contributed by atoms with Gasteiger partial charge in [0.1, 0.15) is 18.0 Å². The first kappa shape index (κ1) is 31.4. The van der Waals surface area contributed by atoms with Crippen LogP contribution in [0.4, 0.5) is 4.39 Å². The molecule has 0 unspecified atom stereocenters. The molecule has 1 amide bonds. The van der Waals surface area contributed by atoms with Crippen molar-refractivity contribution in [1.29, 1.82) is 0 Å². The molecule has 0 radical (unpaired) electrons. The van der Waals surface area contributed by atoms with Crippen molar-refractivity contribution in [2.75, 3.05) is 26.4 Å². The largest absolute Gasteiger partial charge is 0.494 e. The highest BCUT2D eigenvalue weighted by Crippen LogP contribution is 2.44. The highest BCUT2D eigenvalue weighted by atomic mass is 19.1. The number of amides is 1. The van der Waals surface area contributed by atoms with Gasteiger partial charge in [0.05, 0.1) is 13.2 Å². The minimum atomic E-state index is -1.66. The van der Waals surface area contributed by atoms with Gasteiger partial charge in [0.25, 0.3) is 5.91 Å². The fourth-order valence-corrected chi connectivity index (χ4v) is 4.39. The summed E-state index contributed by atoms with van der Waals surface area (Å²) in [7, 11) is 0. The maximum Gasteiger partial charge on any atom is 0.306 e. The summed E-state index contributed by atoms with van der Waals surface area (Å²) in [4.78, 5) is 34.1. The lowest BCUT2D eigenvalue weighted by molar-refractivity contribution is -0.155. The van der Waals surface area contributed by atoms with Crippen molar-refractivity contribution in [2.45, 2.75) is 63.8 Å². The van der Waals surface area contributed by atoms with Crippen molar-refractivity contribution in [3.05, 3.63) is 75.7 Å². The Morgan fingerprint density at radius 1 is 1.22 bits per heavy atom. The average molecular weight is 570 g/mol. The lowest BCUT2D eigenvalue weighted by Gasteiger charge is -2.31. The average Bonchev–Trinajstić information content (AvgIpc) is 3.34. The van der Waals surface area contributed by atoms with E-state index >= 15 is 0 Å². The van der Waals surface area contributed by atoms with Crippen molar-refractivity contribution in [3.63, 3.8) is 0 Å². The topological polar surface area (TPSA) is 155 Å². The van der Waals surface area contributed by atoms with Crippen LogP contribution in [0.1, 0.15) is 62.8 Å². The lowest BCUT2D eigenvalue weighted by Crippen LogP contribution is -2.49.